The third-order valence-electron chi connectivity index (χ3n) is 4.58. The van der Waals surface area contributed by atoms with E-state index in [1.807, 2.05) is 24.3 Å². The lowest BCUT2D eigenvalue weighted by molar-refractivity contribution is -0.118. The van der Waals surface area contributed by atoms with E-state index in [4.69, 9.17) is 9.47 Å². The third kappa shape index (κ3) is 4.94. The van der Waals surface area contributed by atoms with Crippen LogP contribution in [0, 0.1) is 5.92 Å². The number of amides is 1. The fourth-order valence-electron chi connectivity index (χ4n) is 3.07. The van der Waals surface area contributed by atoms with Crippen LogP contribution in [0.3, 0.4) is 0 Å². The largest absolute Gasteiger partial charge is 0.493 e. The Bertz CT molecular complexity index is 491. The van der Waals surface area contributed by atoms with Gasteiger partial charge in [0.15, 0.2) is 0 Å². The monoisotopic (exact) mass is 318 g/mol. The second kappa shape index (κ2) is 8.31. The first-order chi connectivity index (χ1) is 11.3. The summed E-state index contributed by atoms with van der Waals surface area (Å²) in [5.74, 6) is 1.49. The van der Waals surface area contributed by atoms with Crippen LogP contribution in [0.25, 0.3) is 0 Å². The molecule has 0 bridgehead atoms. The van der Waals surface area contributed by atoms with Crippen molar-refractivity contribution < 1.29 is 14.3 Å². The van der Waals surface area contributed by atoms with Crippen molar-refractivity contribution in [1.29, 1.82) is 0 Å². The highest BCUT2D eigenvalue weighted by molar-refractivity contribution is 5.94. The maximum atomic E-state index is 12.2. The van der Waals surface area contributed by atoms with Crippen LogP contribution in [0.1, 0.15) is 32.1 Å². The zero-order valence-corrected chi connectivity index (χ0v) is 13.6. The first kappa shape index (κ1) is 16.3. The quantitative estimate of drug-likeness (QED) is 0.876. The zero-order valence-electron chi connectivity index (χ0n) is 13.6. The minimum Gasteiger partial charge on any atom is -0.493 e. The van der Waals surface area contributed by atoms with Crippen molar-refractivity contribution in [1.82, 2.24) is 5.32 Å². The lowest BCUT2D eigenvalue weighted by Crippen LogP contribution is -2.43. The van der Waals surface area contributed by atoms with E-state index in [0.29, 0.717) is 5.92 Å². The number of hydrogen-bond donors (Lipinski definition) is 2. The number of carbonyl (C=O) groups excluding carboxylic acids is 1. The molecule has 1 unspecified atom stereocenters. The van der Waals surface area contributed by atoms with Crippen LogP contribution in [0.15, 0.2) is 24.3 Å². The van der Waals surface area contributed by atoms with Crippen molar-refractivity contribution in [2.24, 2.45) is 5.92 Å². The molecule has 5 heteroatoms. The van der Waals surface area contributed by atoms with E-state index in [1.54, 1.807) is 0 Å². The molecule has 3 rings (SSSR count). The molecule has 2 N–H and O–H groups in total. The van der Waals surface area contributed by atoms with Crippen LogP contribution in [0.2, 0.25) is 0 Å². The average Bonchev–Trinajstić information content (AvgIpc) is 2.63. The number of piperidine rings is 1. The summed E-state index contributed by atoms with van der Waals surface area (Å²) in [7, 11) is 0. The van der Waals surface area contributed by atoms with Crippen molar-refractivity contribution >= 4 is 11.6 Å². The fraction of sp³-hybridized carbons (Fsp3) is 0.611. The minimum absolute atomic E-state index is 0.0561. The standard InChI is InChI=1S/C18H26N2O3/c21-18(17-3-1-2-10-19-17)20-15-4-6-16(7-5-15)23-13-14-8-11-22-12-9-14/h4-7,14,17,19H,1-3,8-13H2,(H,20,21). The molecule has 0 aromatic heterocycles. The number of nitrogens with one attached hydrogen (secondary N) is 2. The molecule has 2 fully saturated rings. The van der Waals surface area contributed by atoms with Gasteiger partial charge in [-0.1, -0.05) is 6.42 Å². The van der Waals surface area contributed by atoms with Crippen molar-refractivity contribution in [3.8, 4) is 5.75 Å². The van der Waals surface area contributed by atoms with Crippen molar-refractivity contribution in [2.75, 3.05) is 31.7 Å². The predicted molar refractivity (Wildman–Crippen MR) is 89.8 cm³/mol. The zero-order chi connectivity index (χ0) is 15.9. The number of rotatable bonds is 5. The second-order valence-corrected chi connectivity index (χ2v) is 6.38. The van der Waals surface area contributed by atoms with E-state index in [-0.39, 0.29) is 11.9 Å². The number of hydrogen-bond acceptors (Lipinski definition) is 4. The Labute approximate surface area is 137 Å². The van der Waals surface area contributed by atoms with E-state index in [2.05, 4.69) is 10.6 Å². The predicted octanol–water partition coefficient (Wildman–Crippen LogP) is 2.57. The van der Waals surface area contributed by atoms with Gasteiger partial charge in [-0.05, 0) is 62.4 Å². The topological polar surface area (TPSA) is 59.6 Å². The number of carbonyl (C=O) groups is 1. The summed E-state index contributed by atoms with van der Waals surface area (Å²) < 4.78 is 11.2. The molecule has 2 heterocycles. The molecule has 2 saturated heterocycles. The summed E-state index contributed by atoms with van der Waals surface area (Å²) in [6, 6.07) is 7.58. The van der Waals surface area contributed by atoms with Gasteiger partial charge >= 0.3 is 0 Å². The van der Waals surface area contributed by atoms with Crippen molar-refractivity contribution in [2.45, 2.75) is 38.1 Å². The normalized spacial score (nSPS) is 22.5. The summed E-state index contributed by atoms with van der Waals surface area (Å²) in [6.07, 6.45) is 5.33. The lowest BCUT2D eigenvalue weighted by Gasteiger charge is -2.23. The minimum atomic E-state index is -0.0619. The smallest absolute Gasteiger partial charge is 0.241 e. The average molecular weight is 318 g/mol. The molecule has 1 aromatic carbocycles. The highest BCUT2D eigenvalue weighted by atomic mass is 16.5. The number of benzene rings is 1. The Morgan fingerprint density at radius 3 is 2.65 bits per heavy atom. The van der Waals surface area contributed by atoms with Gasteiger partial charge in [-0.15, -0.1) is 0 Å². The highest BCUT2D eigenvalue weighted by Crippen LogP contribution is 2.20. The SMILES string of the molecule is O=C(Nc1ccc(OCC2CCOCC2)cc1)C1CCCCN1. The molecule has 0 saturated carbocycles. The summed E-state index contributed by atoms with van der Waals surface area (Å²) in [4.78, 5) is 12.2. The molecular weight excluding hydrogens is 292 g/mol. The summed E-state index contributed by atoms with van der Waals surface area (Å²) in [5.41, 5.74) is 0.820. The number of ether oxygens (including phenoxy) is 2. The maximum absolute atomic E-state index is 12.2. The van der Waals surface area contributed by atoms with Crippen LogP contribution in [-0.2, 0) is 9.53 Å². The Morgan fingerprint density at radius 1 is 1.17 bits per heavy atom. The molecule has 126 valence electrons. The summed E-state index contributed by atoms with van der Waals surface area (Å²) in [5, 5.41) is 6.23. The molecule has 0 spiro atoms. The van der Waals surface area contributed by atoms with Gasteiger partial charge in [0.2, 0.25) is 5.91 Å². The van der Waals surface area contributed by atoms with Crippen LogP contribution in [-0.4, -0.2) is 38.3 Å². The molecule has 0 radical (unpaired) electrons. The molecule has 1 amide bonds. The molecular formula is C18H26N2O3. The molecule has 23 heavy (non-hydrogen) atoms. The first-order valence-corrected chi connectivity index (χ1v) is 8.66. The van der Waals surface area contributed by atoms with Gasteiger partial charge in [0.05, 0.1) is 12.6 Å². The van der Waals surface area contributed by atoms with Crippen molar-refractivity contribution in [3.05, 3.63) is 24.3 Å². The Balaban J connectivity index is 1.45. The molecule has 5 nitrogen and oxygen atoms in total. The van der Waals surface area contributed by atoms with E-state index in [0.717, 1.165) is 69.9 Å². The summed E-state index contributed by atoms with van der Waals surface area (Å²) >= 11 is 0. The molecule has 0 aliphatic carbocycles. The van der Waals surface area contributed by atoms with Gasteiger partial charge in [-0.25, -0.2) is 0 Å². The van der Waals surface area contributed by atoms with Gasteiger partial charge in [-0.2, -0.15) is 0 Å². The van der Waals surface area contributed by atoms with Gasteiger partial charge in [0, 0.05) is 18.9 Å². The van der Waals surface area contributed by atoms with Crippen LogP contribution in [0.4, 0.5) is 5.69 Å². The Kier molecular flexibility index (Phi) is 5.88. The first-order valence-electron chi connectivity index (χ1n) is 8.66. The van der Waals surface area contributed by atoms with E-state index in [1.165, 1.54) is 0 Å². The Morgan fingerprint density at radius 2 is 1.96 bits per heavy atom. The van der Waals surface area contributed by atoms with Gasteiger partial charge in [0.1, 0.15) is 5.75 Å². The van der Waals surface area contributed by atoms with E-state index < -0.39 is 0 Å². The lowest BCUT2D eigenvalue weighted by atomic mass is 10.0. The number of anilines is 1. The summed E-state index contributed by atoms with van der Waals surface area (Å²) in [6.45, 7) is 3.35. The molecule has 1 aromatic rings. The molecule has 2 aliphatic rings. The molecule has 2 aliphatic heterocycles. The Hall–Kier alpha value is -1.59. The van der Waals surface area contributed by atoms with Crippen molar-refractivity contribution in [3.63, 3.8) is 0 Å². The molecule has 1 atom stereocenters. The fourth-order valence-corrected chi connectivity index (χ4v) is 3.07. The van der Waals surface area contributed by atoms with E-state index >= 15 is 0 Å². The van der Waals surface area contributed by atoms with Gasteiger partial charge in [-0.3, -0.25) is 4.79 Å². The van der Waals surface area contributed by atoms with E-state index in [9.17, 15) is 4.79 Å². The van der Waals surface area contributed by atoms with Crippen LogP contribution >= 0.6 is 0 Å². The highest BCUT2D eigenvalue weighted by Gasteiger charge is 2.20. The van der Waals surface area contributed by atoms with Gasteiger partial charge in [0.25, 0.3) is 0 Å². The van der Waals surface area contributed by atoms with Crippen LogP contribution in [0.5, 0.6) is 5.75 Å². The van der Waals surface area contributed by atoms with Crippen LogP contribution < -0.4 is 15.4 Å². The van der Waals surface area contributed by atoms with Gasteiger partial charge < -0.3 is 20.1 Å². The third-order valence-corrected chi connectivity index (χ3v) is 4.58. The second-order valence-electron chi connectivity index (χ2n) is 6.38. The maximum Gasteiger partial charge on any atom is 0.241 e.